The fraction of sp³-hybridized carbons (Fsp3) is 0.200. The van der Waals surface area contributed by atoms with Crippen molar-refractivity contribution < 1.29 is 9.47 Å². The van der Waals surface area contributed by atoms with Gasteiger partial charge in [-0.2, -0.15) is 0 Å². The Labute approximate surface area is 140 Å². The summed E-state index contributed by atoms with van der Waals surface area (Å²) in [6.45, 7) is 0.488. The number of hydrogen-bond acceptors (Lipinski definition) is 2. The summed E-state index contributed by atoms with van der Waals surface area (Å²) >= 11 is 12.7. The van der Waals surface area contributed by atoms with Crippen molar-refractivity contribution in [2.75, 3.05) is 7.11 Å². The number of methoxy groups -OCH3 is 1. The third kappa shape index (κ3) is 3.90. The minimum Gasteiger partial charge on any atom is -0.496 e. The zero-order valence-electron chi connectivity index (χ0n) is 10.8. The van der Waals surface area contributed by atoms with Crippen molar-refractivity contribution in [3.8, 4) is 11.5 Å². The first-order valence-electron chi connectivity index (χ1n) is 5.93. The van der Waals surface area contributed by atoms with Crippen LogP contribution in [0.5, 0.6) is 11.5 Å². The van der Waals surface area contributed by atoms with Crippen molar-refractivity contribution >= 4 is 43.5 Å². The second kappa shape index (κ2) is 7.34. The minimum absolute atomic E-state index is 0.488. The average molecular weight is 421 g/mol. The highest BCUT2D eigenvalue weighted by molar-refractivity contribution is 9.10. The standard InChI is InChI=1S/C15H13Br2ClO2/c1-19-14-4-3-11(7-12(14)16)9-20-15-5-2-10(8-18)6-13(15)17/h2-7H,8-9H2,1H3. The summed E-state index contributed by atoms with van der Waals surface area (Å²) in [5.41, 5.74) is 2.11. The van der Waals surface area contributed by atoms with Gasteiger partial charge in [0.1, 0.15) is 18.1 Å². The molecule has 20 heavy (non-hydrogen) atoms. The Hall–Kier alpha value is -0.710. The Balaban J connectivity index is 2.07. The Kier molecular flexibility index (Phi) is 5.75. The van der Waals surface area contributed by atoms with Crippen LogP contribution in [0, 0.1) is 0 Å². The van der Waals surface area contributed by atoms with Crippen LogP contribution in [0.15, 0.2) is 45.3 Å². The van der Waals surface area contributed by atoms with Crippen LogP contribution in [0.3, 0.4) is 0 Å². The third-order valence-electron chi connectivity index (χ3n) is 2.76. The highest BCUT2D eigenvalue weighted by Crippen LogP contribution is 2.29. The molecule has 0 saturated carbocycles. The largest absolute Gasteiger partial charge is 0.496 e. The van der Waals surface area contributed by atoms with Crippen LogP contribution in [-0.4, -0.2) is 7.11 Å². The second-order valence-corrected chi connectivity index (χ2v) is 6.13. The number of alkyl halides is 1. The maximum atomic E-state index is 5.80. The molecule has 0 unspecified atom stereocenters. The quantitative estimate of drug-likeness (QED) is 0.592. The Bertz CT molecular complexity index is 602. The van der Waals surface area contributed by atoms with Gasteiger partial charge in [0.15, 0.2) is 0 Å². The SMILES string of the molecule is COc1ccc(COc2ccc(CCl)cc2Br)cc1Br. The van der Waals surface area contributed by atoms with E-state index >= 15 is 0 Å². The van der Waals surface area contributed by atoms with E-state index in [-0.39, 0.29) is 0 Å². The molecule has 0 saturated heterocycles. The van der Waals surface area contributed by atoms with Crippen molar-refractivity contribution in [1.29, 1.82) is 0 Å². The molecular formula is C15H13Br2ClO2. The van der Waals surface area contributed by atoms with Crippen LogP contribution in [-0.2, 0) is 12.5 Å². The summed E-state index contributed by atoms with van der Waals surface area (Å²) in [6.07, 6.45) is 0. The van der Waals surface area contributed by atoms with Crippen LogP contribution >= 0.6 is 43.5 Å². The molecule has 2 aromatic carbocycles. The topological polar surface area (TPSA) is 18.5 Å². The van der Waals surface area contributed by atoms with Crippen LogP contribution in [0.2, 0.25) is 0 Å². The molecule has 0 heterocycles. The van der Waals surface area contributed by atoms with Crippen LogP contribution < -0.4 is 9.47 Å². The van der Waals surface area contributed by atoms with Crippen molar-refractivity contribution in [2.24, 2.45) is 0 Å². The van der Waals surface area contributed by atoms with Gasteiger partial charge >= 0.3 is 0 Å². The van der Waals surface area contributed by atoms with Crippen molar-refractivity contribution in [1.82, 2.24) is 0 Å². The summed E-state index contributed by atoms with van der Waals surface area (Å²) in [4.78, 5) is 0. The summed E-state index contributed by atoms with van der Waals surface area (Å²) in [7, 11) is 1.64. The molecule has 0 N–H and O–H groups in total. The molecule has 0 aliphatic rings. The highest BCUT2D eigenvalue weighted by Gasteiger charge is 2.05. The van der Waals surface area contributed by atoms with Gasteiger partial charge in [0, 0.05) is 5.88 Å². The van der Waals surface area contributed by atoms with Crippen molar-refractivity contribution in [2.45, 2.75) is 12.5 Å². The van der Waals surface area contributed by atoms with E-state index in [1.54, 1.807) is 7.11 Å². The lowest BCUT2D eigenvalue weighted by atomic mass is 10.2. The van der Waals surface area contributed by atoms with Crippen LogP contribution in [0.4, 0.5) is 0 Å². The summed E-state index contributed by atoms with van der Waals surface area (Å²) in [5, 5.41) is 0. The average Bonchev–Trinajstić information content (AvgIpc) is 2.46. The number of rotatable bonds is 5. The van der Waals surface area contributed by atoms with E-state index in [4.69, 9.17) is 21.1 Å². The van der Waals surface area contributed by atoms with Crippen molar-refractivity contribution in [3.05, 3.63) is 56.5 Å². The molecule has 0 aromatic heterocycles. The smallest absolute Gasteiger partial charge is 0.134 e. The molecule has 5 heteroatoms. The number of benzene rings is 2. The second-order valence-electron chi connectivity index (χ2n) is 4.16. The fourth-order valence-corrected chi connectivity index (χ4v) is 3.00. The maximum absolute atomic E-state index is 5.80. The normalized spacial score (nSPS) is 10.4. The maximum Gasteiger partial charge on any atom is 0.134 e. The first-order chi connectivity index (χ1) is 9.63. The predicted molar refractivity (Wildman–Crippen MR) is 88.7 cm³/mol. The Morgan fingerprint density at radius 1 is 0.950 bits per heavy atom. The van der Waals surface area contributed by atoms with E-state index in [9.17, 15) is 0 Å². The minimum atomic E-state index is 0.488. The van der Waals surface area contributed by atoms with Gasteiger partial charge in [0.25, 0.3) is 0 Å². The van der Waals surface area contributed by atoms with E-state index in [1.807, 2.05) is 36.4 Å². The lowest BCUT2D eigenvalue weighted by Crippen LogP contribution is -1.97. The monoisotopic (exact) mass is 418 g/mol. The molecule has 2 nitrogen and oxygen atoms in total. The molecule has 2 rings (SSSR count). The molecule has 0 aliphatic carbocycles. The summed E-state index contributed by atoms with van der Waals surface area (Å²) < 4.78 is 12.8. The van der Waals surface area contributed by atoms with Gasteiger partial charge in [-0.15, -0.1) is 11.6 Å². The third-order valence-corrected chi connectivity index (χ3v) is 4.31. The van der Waals surface area contributed by atoms with Gasteiger partial charge in [0.2, 0.25) is 0 Å². The molecule has 2 aromatic rings. The zero-order chi connectivity index (χ0) is 14.5. The Morgan fingerprint density at radius 2 is 1.55 bits per heavy atom. The van der Waals surface area contributed by atoms with Crippen molar-refractivity contribution in [3.63, 3.8) is 0 Å². The number of hydrogen-bond donors (Lipinski definition) is 0. The lowest BCUT2D eigenvalue weighted by Gasteiger charge is -2.10. The molecule has 0 amide bonds. The van der Waals surface area contributed by atoms with Crippen LogP contribution in [0.1, 0.15) is 11.1 Å². The molecule has 0 spiro atoms. The first kappa shape index (κ1) is 15.7. The molecule has 0 aliphatic heterocycles. The molecule has 0 bridgehead atoms. The first-order valence-corrected chi connectivity index (χ1v) is 8.05. The van der Waals surface area contributed by atoms with E-state index in [1.165, 1.54) is 0 Å². The Morgan fingerprint density at radius 3 is 2.15 bits per heavy atom. The number of ether oxygens (including phenoxy) is 2. The highest BCUT2D eigenvalue weighted by atomic mass is 79.9. The molecule has 0 atom stereocenters. The van der Waals surface area contributed by atoms with Gasteiger partial charge in [-0.3, -0.25) is 0 Å². The van der Waals surface area contributed by atoms with E-state index < -0.39 is 0 Å². The summed E-state index contributed by atoms with van der Waals surface area (Å²) in [6, 6.07) is 11.7. The molecule has 0 radical (unpaired) electrons. The van der Waals surface area contributed by atoms with Gasteiger partial charge in [-0.05, 0) is 67.3 Å². The van der Waals surface area contributed by atoms with Crippen LogP contribution in [0.25, 0.3) is 0 Å². The fourth-order valence-electron chi connectivity index (χ4n) is 1.71. The molecular weight excluding hydrogens is 407 g/mol. The predicted octanol–water partition coefficient (Wildman–Crippen LogP) is 5.54. The van der Waals surface area contributed by atoms with Gasteiger partial charge in [0.05, 0.1) is 16.1 Å². The molecule has 0 fully saturated rings. The zero-order valence-corrected chi connectivity index (χ0v) is 14.8. The van der Waals surface area contributed by atoms with Gasteiger partial charge < -0.3 is 9.47 Å². The van der Waals surface area contributed by atoms with E-state index in [0.29, 0.717) is 12.5 Å². The number of halogens is 3. The summed E-state index contributed by atoms with van der Waals surface area (Å²) in [5.74, 6) is 2.09. The molecule has 106 valence electrons. The van der Waals surface area contributed by atoms with Gasteiger partial charge in [-0.1, -0.05) is 12.1 Å². The van der Waals surface area contributed by atoms with E-state index in [2.05, 4.69) is 31.9 Å². The van der Waals surface area contributed by atoms with Gasteiger partial charge in [-0.25, -0.2) is 0 Å². The van der Waals surface area contributed by atoms with E-state index in [0.717, 1.165) is 31.6 Å². The lowest BCUT2D eigenvalue weighted by molar-refractivity contribution is 0.304.